The molecule has 0 N–H and O–H groups in total. The van der Waals surface area contributed by atoms with E-state index in [9.17, 15) is 0 Å². The van der Waals surface area contributed by atoms with Crippen molar-refractivity contribution in [2.45, 2.75) is 37.6 Å². The van der Waals surface area contributed by atoms with Gasteiger partial charge in [0.05, 0.1) is 5.54 Å². The Kier molecular flexibility index (Phi) is 4.19. The van der Waals surface area contributed by atoms with Gasteiger partial charge in [-0.15, -0.1) is 11.3 Å². The molecular formula is C19H25NS. The molecule has 3 atom stereocenters. The van der Waals surface area contributed by atoms with Gasteiger partial charge in [-0.1, -0.05) is 43.3 Å². The fraction of sp³-hybridized carbons (Fsp3) is 0.474. The maximum absolute atomic E-state index is 2.44. The quantitative estimate of drug-likeness (QED) is 0.716. The summed E-state index contributed by atoms with van der Waals surface area (Å²) in [5.74, 6) is 1.61. The molecule has 1 aromatic heterocycles. The lowest BCUT2D eigenvalue weighted by atomic mass is 9.85. The van der Waals surface area contributed by atoms with E-state index in [0.717, 1.165) is 11.8 Å². The number of nitrogens with zero attached hydrogens (tertiary/aromatic N) is 1. The number of benzene rings is 1. The Balaban J connectivity index is 1.78. The molecule has 21 heavy (non-hydrogen) atoms. The van der Waals surface area contributed by atoms with E-state index in [1.54, 1.807) is 0 Å². The van der Waals surface area contributed by atoms with E-state index in [4.69, 9.17) is 0 Å². The Morgan fingerprint density at radius 2 is 1.90 bits per heavy atom. The topological polar surface area (TPSA) is 3.24 Å². The lowest BCUT2D eigenvalue weighted by molar-refractivity contribution is 0.128. The zero-order chi connectivity index (χ0) is 14.9. The molecule has 0 bridgehead atoms. The fourth-order valence-corrected chi connectivity index (χ4v) is 4.79. The Morgan fingerprint density at radius 3 is 2.48 bits per heavy atom. The van der Waals surface area contributed by atoms with Crippen molar-refractivity contribution in [2.75, 3.05) is 14.1 Å². The highest BCUT2D eigenvalue weighted by molar-refractivity contribution is 7.10. The maximum atomic E-state index is 2.44. The smallest absolute Gasteiger partial charge is 0.0548 e. The average molecular weight is 299 g/mol. The highest BCUT2D eigenvalue weighted by atomic mass is 32.1. The van der Waals surface area contributed by atoms with Crippen LogP contribution in [0.2, 0.25) is 0 Å². The molecule has 0 radical (unpaired) electrons. The SMILES string of the molecule is CCC(C[C@@H]1C[C@H]1c1ccccc1)(c1cccs1)N(C)C. The normalized spacial score (nSPS) is 24.0. The van der Waals surface area contributed by atoms with E-state index < -0.39 is 0 Å². The molecule has 0 spiro atoms. The van der Waals surface area contributed by atoms with Crippen molar-refractivity contribution in [1.29, 1.82) is 0 Å². The summed E-state index contributed by atoms with van der Waals surface area (Å²) in [5.41, 5.74) is 1.74. The molecule has 3 rings (SSSR count). The van der Waals surface area contributed by atoms with Crippen molar-refractivity contribution < 1.29 is 0 Å². The van der Waals surface area contributed by atoms with Crippen LogP contribution in [0.4, 0.5) is 0 Å². The number of hydrogen-bond acceptors (Lipinski definition) is 2. The minimum atomic E-state index is 0.211. The van der Waals surface area contributed by atoms with Gasteiger partial charge < -0.3 is 0 Å². The van der Waals surface area contributed by atoms with Crippen LogP contribution in [0.1, 0.15) is 42.5 Å². The van der Waals surface area contributed by atoms with E-state index in [1.165, 1.54) is 29.7 Å². The third-order valence-corrected chi connectivity index (χ3v) is 6.23. The Morgan fingerprint density at radius 1 is 1.14 bits per heavy atom. The summed E-state index contributed by atoms with van der Waals surface area (Å²) in [6.07, 6.45) is 3.81. The van der Waals surface area contributed by atoms with Crippen LogP contribution < -0.4 is 0 Å². The Hall–Kier alpha value is -1.12. The first kappa shape index (κ1) is 14.8. The summed E-state index contributed by atoms with van der Waals surface area (Å²) in [7, 11) is 4.48. The highest BCUT2D eigenvalue weighted by Crippen LogP contribution is 2.54. The van der Waals surface area contributed by atoms with Gasteiger partial charge in [0.15, 0.2) is 0 Å². The second kappa shape index (κ2) is 5.94. The van der Waals surface area contributed by atoms with Crippen LogP contribution in [-0.2, 0) is 5.54 Å². The van der Waals surface area contributed by atoms with Crippen molar-refractivity contribution in [1.82, 2.24) is 4.90 Å². The molecule has 112 valence electrons. The predicted molar refractivity (Wildman–Crippen MR) is 91.9 cm³/mol. The van der Waals surface area contributed by atoms with Gasteiger partial charge in [-0.3, -0.25) is 4.90 Å². The molecule has 1 aliphatic rings. The van der Waals surface area contributed by atoms with Gasteiger partial charge in [-0.25, -0.2) is 0 Å². The van der Waals surface area contributed by atoms with Gasteiger partial charge >= 0.3 is 0 Å². The second-order valence-corrected chi connectivity index (χ2v) is 7.42. The standard InChI is InChI=1S/C19H25NS/c1-4-19(20(2)3,18-11-8-12-21-18)14-16-13-17(16)15-9-6-5-7-10-15/h5-12,16-17H,4,13-14H2,1-3H3/t16-,17-,19?/m0/s1. The van der Waals surface area contributed by atoms with Crippen molar-refractivity contribution in [3.05, 3.63) is 58.3 Å². The summed E-state index contributed by atoms with van der Waals surface area (Å²) in [6, 6.07) is 15.5. The monoisotopic (exact) mass is 299 g/mol. The first-order valence-corrected chi connectivity index (χ1v) is 8.81. The van der Waals surface area contributed by atoms with Crippen LogP contribution in [0.15, 0.2) is 47.8 Å². The van der Waals surface area contributed by atoms with Gasteiger partial charge in [0.2, 0.25) is 0 Å². The third-order valence-electron chi connectivity index (χ3n) is 5.17. The molecule has 1 nitrogen and oxygen atoms in total. The largest absolute Gasteiger partial charge is 0.299 e. The lowest BCUT2D eigenvalue weighted by Gasteiger charge is -2.39. The van der Waals surface area contributed by atoms with Gasteiger partial charge in [-0.05, 0) is 62.2 Å². The van der Waals surface area contributed by atoms with Gasteiger partial charge in [0.1, 0.15) is 0 Å². The van der Waals surface area contributed by atoms with Crippen LogP contribution in [0, 0.1) is 5.92 Å². The van der Waals surface area contributed by atoms with Crippen LogP contribution in [0.5, 0.6) is 0 Å². The predicted octanol–water partition coefficient (Wildman–Crippen LogP) is 5.11. The average Bonchev–Trinajstić information content (AvgIpc) is 3.04. The van der Waals surface area contributed by atoms with E-state index in [-0.39, 0.29) is 5.54 Å². The maximum Gasteiger partial charge on any atom is 0.0548 e. The summed E-state index contributed by atoms with van der Waals surface area (Å²) in [4.78, 5) is 3.97. The van der Waals surface area contributed by atoms with E-state index in [0.29, 0.717) is 0 Å². The van der Waals surface area contributed by atoms with Crippen LogP contribution in [0.25, 0.3) is 0 Å². The minimum Gasteiger partial charge on any atom is -0.299 e. The minimum absolute atomic E-state index is 0.211. The first-order chi connectivity index (χ1) is 10.2. The number of thiophene rings is 1. The molecule has 2 aromatic rings. The van der Waals surface area contributed by atoms with E-state index in [2.05, 4.69) is 73.8 Å². The molecular weight excluding hydrogens is 274 g/mol. The summed E-state index contributed by atoms with van der Waals surface area (Å²) in [5, 5.41) is 2.21. The van der Waals surface area contributed by atoms with Crippen LogP contribution in [0.3, 0.4) is 0 Å². The molecule has 0 amide bonds. The summed E-state index contributed by atoms with van der Waals surface area (Å²) in [6.45, 7) is 2.33. The summed E-state index contributed by atoms with van der Waals surface area (Å²) < 4.78 is 0. The molecule has 2 heteroatoms. The molecule has 0 aliphatic heterocycles. The van der Waals surface area contributed by atoms with Crippen molar-refractivity contribution in [3.63, 3.8) is 0 Å². The van der Waals surface area contributed by atoms with Gasteiger partial charge in [0.25, 0.3) is 0 Å². The van der Waals surface area contributed by atoms with Gasteiger partial charge in [-0.2, -0.15) is 0 Å². The molecule has 1 aromatic carbocycles. The molecule has 1 heterocycles. The van der Waals surface area contributed by atoms with Gasteiger partial charge in [0, 0.05) is 4.88 Å². The Labute approximate surface area is 132 Å². The van der Waals surface area contributed by atoms with Crippen molar-refractivity contribution in [2.24, 2.45) is 5.92 Å². The number of rotatable bonds is 6. The zero-order valence-electron chi connectivity index (χ0n) is 13.3. The molecule has 1 aliphatic carbocycles. The molecule has 1 fully saturated rings. The lowest BCUT2D eigenvalue weighted by Crippen LogP contribution is -2.40. The summed E-state index contributed by atoms with van der Waals surface area (Å²) >= 11 is 1.91. The Bertz CT molecular complexity index is 561. The fourth-order valence-electron chi connectivity index (χ4n) is 3.70. The first-order valence-electron chi connectivity index (χ1n) is 7.93. The highest BCUT2D eigenvalue weighted by Gasteiger charge is 2.45. The molecule has 1 unspecified atom stereocenters. The zero-order valence-corrected chi connectivity index (χ0v) is 14.1. The van der Waals surface area contributed by atoms with Crippen LogP contribution >= 0.6 is 11.3 Å². The third kappa shape index (κ3) is 2.79. The number of hydrogen-bond donors (Lipinski definition) is 0. The van der Waals surface area contributed by atoms with E-state index >= 15 is 0 Å². The van der Waals surface area contributed by atoms with Crippen molar-refractivity contribution >= 4 is 11.3 Å². The van der Waals surface area contributed by atoms with Crippen molar-refractivity contribution in [3.8, 4) is 0 Å². The second-order valence-electron chi connectivity index (χ2n) is 6.47. The molecule has 0 saturated heterocycles. The molecule has 1 saturated carbocycles. The van der Waals surface area contributed by atoms with Crippen LogP contribution in [-0.4, -0.2) is 19.0 Å². The van der Waals surface area contributed by atoms with E-state index in [1.807, 2.05) is 11.3 Å².